The topological polar surface area (TPSA) is 41.7 Å². The Kier molecular flexibility index (Phi) is 6.07. The van der Waals surface area contributed by atoms with Gasteiger partial charge in [-0.05, 0) is 19.9 Å². The minimum Gasteiger partial charge on any atom is -0.378 e. The Labute approximate surface area is 118 Å². The van der Waals surface area contributed by atoms with Gasteiger partial charge in [-0.15, -0.1) is 0 Å². The molecule has 0 radical (unpaired) electrons. The molecule has 0 aromatic carbocycles. The third kappa shape index (κ3) is 5.38. The van der Waals surface area contributed by atoms with Gasteiger partial charge in [0.25, 0.3) is 0 Å². The number of piperazine rings is 1. The normalized spacial score (nSPS) is 26.2. The summed E-state index contributed by atoms with van der Waals surface area (Å²) in [5.74, 6) is 0. The van der Waals surface area contributed by atoms with Gasteiger partial charge >= 0.3 is 0 Å². The van der Waals surface area contributed by atoms with E-state index >= 15 is 0 Å². The molecule has 4 nitrogen and oxygen atoms in total. The fourth-order valence-electron chi connectivity index (χ4n) is 3.12. The van der Waals surface area contributed by atoms with Crippen molar-refractivity contribution < 1.29 is 4.74 Å². The molecule has 1 aliphatic carbocycles. The Balaban J connectivity index is 1.58. The van der Waals surface area contributed by atoms with Crippen molar-refractivity contribution in [3.8, 4) is 0 Å². The highest BCUT2D eigenvalue weighted by Crippen LogP contribution is 2.25. The van der Waals surface area contributed by atoms with Crippen LogP contribution in [0.4, 0.5) is 0 Å². The second-order valence-corrected chi connectivity index (χ2v) is 6.47. The van der Waals surface area contributed by atoms with Crippen molar-refractivity contribution in [2.24, 2.45) is 5.73 Å². The highest BCUT2D eigenvalue weighted by Gasteiger charge is 2.26. The predicted molar refractivity (Wildman–Crippen MR) is 79.4 cm³/mol. The van der Waals surface area contributed by atoms with E-state index in [1.165, 1.54) is 51.9 Å². The number of nitrogens with two attached hydrogens (primary N) is 1. The number of nitrogens with zero attached hydrogens (tertiary/aromatic N) is 2. The molecular formula is C15H31N3O. The summed E-state index contributed by atoms with van der Waals surface area (Å²) in [7, 11) is 2.19. The van der Waals surface area contributed by atoms with Crippen molar-refractivity contribution in [2.45, 2.75) is 44.1 Å². The molecule has 0 atom stereocenters. The van der Waals surface area contributed by atoms with Gasteiger partial charge in [-0.2, -0.15) is 0 Å². The molecule has 2 aliphatic rings. The maximum Gasteiger partial charge on any atom is 0.0646 e. The van der Waals surface area contributed by atoms with E-state index in [1.54, 1.807) is 0 Å². The van der Waals surface area contributed by atoms with E-state index in [4.69, 9.17) is 10.5 Å². The molecule has 1 heterocycles. The lowest BCUT2D eigenvalue weighted by Gasteiger charge is -2.33. The molecule has 112 valence electrons. The van der Waals surface area contributed by atoms with Crippen LogP contribution in [0.5, 0.6) is 0 Å². The largest absolute Gasteiger partial charge is 0.378 e. The first kappa shape index (κ1) is 15.2. The Bertz CT molecular complexity index is 244. The number of rotatable bonds is 5. The summed E-state index contributed by atoms with van der Waals surface area (Å²) < 4.78 is 5.88. The van der Waals surface area contributed by atoms with Crippen LogP contribution >= 0.6 is 0 Å². The smallest absolute Gasteiger partial charge is 0.0646 e. The Morgan fingerprint density at radius 2 is 1.63 bits per heavy atom. The van der Waals surface area contributed by atoms with Crippen molar-refractivity contribution in [1.29, 1.82) is 0 Å². The van der Waals surface area contributed by atoms with Crippen LogP contribution in [0.15, 0.2) is 0 Å². The van der Waals surface area contributed by atoms with Crippen molar-refractivity contribution in [2.75, 3.05) is 53.0 Å². The second kappa shape index (κ2) is 7.58. The van der Waals surface area contributed by atoms with Gasteiger partial charge in [0, 0.05) is 38.3 Å². The lowest BCUT2D eigenvalue weighted by molar-refractivity contribution is 0.0504. The molecular weight excluding hydrogens is 238 g/mol. The van der Waals surface area contributed by atoms with Gasteiger partial charge in [0.2, 0.25) is 0 Å². The molecule has 2 rings (SSSR count). The summed E-state index contributed by atoms with van der Waals surface area (Å²) in [6.07, 6.45) is 7.53. The zero-order chi connectivity index (χ0) is 13.6. The van der Waals surface area contributed by atoms with Crippen LogP contribution in [0.3, 0.4) is 0 Å². The van der Waals surface area contributed by atoms with Gasteiger partial charge in [-0.25, -0.2) is 0 Å². The van der Waals surface area contributed by atoms with Crippen LogP contribution in [-0.2, 0) is 4.74 Å². The van der Waals surface area contributed by atoms with E-state index in [0.29, 0.717) is 0 Å². The average Bonchev–Trinajstić information content (AvgIpc) is 2.62. The van der Waals surface area contributed by atoms with Crippen LogP contribution in [0, 0.1) is 0 Å². The van der Waals surface area contributed by atoms with E-state index < -0.39 is 0 Å². The van der Waals surface area contributed by atoms with Gasteiger partial charge in [0.15, 0.2) is 0 Å². The minimum absolute atomic E-state index is 0.0430. The number of likely N-dealkylation sites (N-methyl/N-ethyl adjacent to an activating group) is 1. The zero-order valence-electron chi connectivity index (χ0n) is 12.6. The van der Waals surface area contributed by atoms with Crippen LogP contribution in [-0.4, -0.2) is 68.3 Å². The van der Waals surface area contributed by atoms with Crippen LogP contribution in [0.2, 0.25) is 0 Å². The quantitative estimate of drug-likeness (QED) is 0.603. The SMILES string of the molecule is CN1CCN(CCOCC2(N)CCCCCC2)CC1. The first-order valence-corrected chi connectivity index (χ1v) is 7.96. The Morgan fingerprint density at radius 3 is 2.26 bits per heavy atom. The van der Waals surface area contributed by atoms with Gasteiger partial charge in [-0.3, -0.25) is 4.90 Å². The molecule has 4 heteroatoms. The van der Waals surface area contributed by atoms with Crippen molar-refractivity contribution >= 4 is 0 Å². The average molecular weight is 269 g/mol. The monoisotopic (exact) mass is 269 g/mol. The summed E-state index contributed by atoms with van der Waals surface area (Å²) >= 11 is 0. The van der Waals surface area contributed by atoms with Crippen molar-refractivity contribution in [3.63, 3.8) is 0 Å². The highest BCUT2D eigenvalue weighted by molar-refractivity contribution is 4.85. The molecule has 1 saturated heterocycles. The Hall–Kier alpha value is -0.160. The number of hydrogen-bond donors (Lipinski definition) is 1. The predicted octanol–water partition coefficient (Wildman–Crippen LogP) is 1.30. The van der Waals surface area contributed by atoms with Gasteiger partial charge in [-0.1, -0.05) is 25.7 Å². The van der Waals surface area contributed by atoms with E-state index in [1.807, 2.05) is 0 Å². The molecule has 1 saturated carbocycles. The lowest BCUT2D eigenvalue weighted by Crippen LogP contribution is -2.47. The summed E-state index contributed by atoms with van der Waals surface area (Å²) in [6, 6.07) is 0. The molecule has 0 aromatic heterocycles. The van der Waals surface area contributed by atoms with Crippen LogP contribution < -0.4 is 5.73 Å². The van der Waals surface area contributed by atoms with Gasteiger partial charge in [0.1, 0.15) is 0 Å². The molecule has 2 fully saturated rings. The van der Waals surface area contributed by atoms with Gasteiger partial charge < -0.3 is 15.4 Å². The molecule has 0 spiro atoms. The van der Waals surface area contributed by atoms with E-state index in [-0.39, 0.29) is 5.54 Å². The number of ether oxygens (including phenoxy) is 1. The highest BCUT2D eigenvalue weighted by atomic mass is 16.5. The molecule has 1 aliphatic heterocycles. The van der Waals surface area contributed by atoms with Crippen LogP contribution in [0.25, 0.3) is 0 Å². The summed E-state index contributed by atoms with van der Waals surface area (Å²) in [6.45, 7) is 7.36. The Morgan fingerprint density at radius 1 is 1.00 bits per heavy atom. The fourth-order valence-corrected chi connectivity index (χ4v) is 3.12. The molecule has 0 bridgehead atoms. The van der Waals surface area contributed by atoms with Crippen molar-refractivity contribution in [3.05, 3.63) is 0 Å². The molecule has 2 N–H and O–H groups in total. The zero-order valence-corrected chi connectivity index (χ0v) is 12.6. The standard InChI is InChI=1S/C15H31N3O/c1-17-8-10-18(11-9-17)12-13-19-14-15(16)6-4-2-3-5-7-15/h2-14,16H2,1H3. The van der Waals surface area contributed by atoms with Crippen LogP contribution in [0.1, 0.15) is 38.5 Å². The first-order valence-electron chi connectivity index (χ1n) is 7.96. The fraction of sp³-hybridized carbons (Fsp3) is 1.00. The molecule has 0 amide bonds. The molecule has 0 unspecified atom stereocenters. The van der Waals surface area contributed by atoms with E-state index in [9.17, 15) is 0 Å². The minimum atomic E-state index is -0.0430. The second-order valence-electron chi connectivity index (χ2n) is 6.47. The first-order chi connectivity index (χ1) is 9.18. The molecule has 19 heavy (non-hydrogen) atoms. The summed E-state index contributed by atoms with van der Waals surface area (Å²) in [4.78, 5) is 4.88. The third-order valence-corrected chi connectivity index (χ3v) is 4.64. The lowest BCUT2D eigenvalue weighted by atomic mass is 9.93. The summed E-state index contributed by atoms with van der Waals surface area (Å²) in [5.41, 5.74) is 6.41. The summed E-state index contributed by atoms with van der Waals surface area (Å²) in [5, 5.41) is 0. The number of hydrogen-bond acceptors (Lipinski definition) is 4. The van der Waals surface area contributed by atoms with E-state index in [2.05, 4.69) is 16.8 Å². The van der Waals surface area contributed by atoms with E-state index in [0.717, 1.165) is 32.6 Å². The maximum atomic E-state index is 6.45. The maximum absolute atomic E-state index is 6.45. The third-order valence-electron chi connectivity index (χ3n) is 4.64. The van der Waals surface area contributed by atoms with Gasteiger partial charge in [0.05, 0.1) is 13.2 Å². The molecule has 0 aromatic rings. The van der Waals surface area contributed by atoms with Crippen molar-refractivity contribution in [1.82, 2.24) is 9.80 Å².